The van der Waals surface area contributed by atoms with Gasteiger partial charge in [-0.3, -0.25) is 0 Å². The monoisotopic (exact) mass is 131 g/mol. The Balaban J connectivity index is 2.61. The fourth-order valence-corrected chi connectivity index (χ4v) is 0.861. The van der Waals surface area contributed by atoms with Gasteiger partial charge in [0.25, 0.3) is 0 Å². The summed E-state index contributed by atoms with van der Waals surface area (Å²) in [5, 5.41) is 20.3. The van der Waals surface area contributed by atoms with Crippen molar-refractivity contribution in [3.8, 4) is 0 Å². The molecule has 1 fully saturated rings. The number of carbonyl (C=O) groups is 1. The first kappa shape index (κ1) is 6.51. The molecule has 4 heteroatoms. The zero-order chi connectivity index (χ0) is 6.91. The molecule has 1 unspecified atom stereocenters. The smallest absolute Gasteiger partial charge is 0.337 e. The van der Waals surface area contributed by atoms with E-state index in [-0.39, 0.29) is 6.54 Å². The summed E-state index contributed by atoms with van der Waals surface area (Å²) < 4.78 is 0. The lowest BCUT2D eigenvalue weighted by Gasteiger charge is -2.13. The van der Waals surface area contributed by atoms with Crippen molar-refractivity contribution in [2.24, 2.45) is 0 Å². The predicted octanol–water partition coefficient (Wildman–Crippen LogP) is -1.20. The third-order valence-electron chi connectivity index (χ3n) is 1.53. The van der Waals surface area contributed by atoms with Gasteiger partial charge < -0.3 is 15.5 Å². The third-order valence-corrected chi connectivity index (χ3v) is 1.53. The van der Waals surface area contributed by atoms with Crippen molar-refractivity contribution in [1.82, 2.24) is 5.32 Å². The van der Waals surface area contributed by atoms with Crippen LogP contribution in [0.1, 0.15) is 6.42 Å². The SMILES string of the molecule is O=C(O)C1(O)CCNC1. The van der Waals surface area contributed by atoms with Gasteiger partial charge in [0.2, 0.25) is 0 Å². The second kappa shape index (κ2) is 1.97. The van der Waals surface area contributed by atoms with Crippen LogP contribution in [-0.2, 0) is 4.79 Å². The van der Waals surface area contributed by atoms with Crippen molar-refractivity contribution in [2.45, 2.75) is 12.0 Å². The van der Waals surface area contributed by atoms with Gasteiger partial charge in [0.1, 0.15) is 0 Å². The maximum absolute atomic E-state index is 10.2. The summed E-state index contributed by atoms with van der Waals surface area (Å²) in [5.41, 5.74) is -1.50. The number of rotatable bonds is 1. The van der Waals surface area contributed by atoms with Crippen LogP contribution in [0.5, 0.6) is 0 Å². The molecule has 1 heterocycles. The Hall–Kier alpha value is -0.610. The maximum atomic E-state index is 10.2. The third kappa shape index (κ3) is 1.04. The highest BCUT2D eigenvalue weighted by atomic mass is 16.4. The number of β-amino-alcohol motifs (C(OH)–C–C–N with tert-alkyl or cyclic N) is 1. The molecule has 0 amide bonds. The first-order chi connectivity index (χ1) is 4.15. The van der Waals surface area contributed by atoms with Gasteiger partial charge in [-0.05, 0) is 6.54 Å². The van der Waals surface area contributed by atoms with E-state index in [1.54, 1.807) is 0 Å². The number of carboxylic acid groups (broad SMARTS) is 1. The van der Waals surface area contributed by atoms with Gasteiger partial charge in [0, 0.05) is 13.0 Å². The summed E-state index contributed by atoms with van der Waals surface area (Å²) >= 11 is 0. The minimum atomic E-state index is -1.50. The highest BCUT2D eigenvalue weighted by Crippen LogP contribution is 2.13. The summed E-state index contributed by atoms with van der Waals surface area (Å²) in [4.78, 5) is 10.2. The molecule has 3 N–H and O–H groups in total. The van der Waals surface area contributed by atoms with E-state index in [1.807, 2.05) is 0 Å². The van der Waals surface area contributed by atoms with Gasteiger partial charge >= 0.3 is 5.97 Å². The highest BCUT2D eigenvalue weighted by Gasteiger charge is 2.38. The van der Waals surface area contributed by atoms with Crippen LogP contribution in [0.2, 0.25) is 0 Å². The van der Waals surface area contributed by atoms with Gasteiger partial charge in [-0.25, -0.2) is 4.79 Å². The molecule has 0 aromatic carbocycles. The number of hydrogen-bond donors (Lipinski definition) is 3. The van der Waals surface area contributed by atoms with E-state index in [9.17, 15) is 4.79 Å². The molecular formula is C5H9NO3. The fourth-order valence-electron chi connectivity index (χ4n) is 0.861. The molecule has 0 radical (unpaired) electrons. The quantitative estimate of drug-likeness (QED) is 0.418. The van der Waals surface area contributed by atoms with Crippen molar-refractivity contribution in [3.63, 3.8) is 0 Å². The van der Waals surface area contributed by atoms with Crippen LogP contribution in [0.25, 0.3) is 0 Å². The normalized spacial score (nSPS) is 34.8. The number of aliphatic hydroxyl groups is 1. The lowest BCUT2D eigenvalue weighted by Crippen LogP contribution is -2.40. The average molecular weight is 131 g/mol. The summed E-state index contributed by atoms with van der Waals surface area (Å²) in [6, 6.07) is 0. The number of carboxylic acids is 1. The standard InChI is InChI=1S/C5H9NO3/c7-4(8)5(9)1-2-6-3-5/h6,9H,1-3H2,(H,7,8). The van der Waals surface area contributed by atoms with E-state index in [0.29, 0.717) is 13.0 Å². The highest BCUT2D eigenvalue weighted by molar-refractivity contribution is 5.77. The molecule has 4 nitrogen and oxygen atoms in total. The van der Waals surface area contributed by atoms with Crippen molar-refractivity contribution in [3.05, 3.63) is 0 Å². The van der Waals surface area contributed by atoms with Crippen molar-refractivity contribution in [1.29, 1.82) is 0 Å². The molecule has 1 atom stereocenters. The zero-order valence-corrected chi connectivity index (χ0v) is 4.92. The second-order valence-electron chi connectivity index (χ2n) is 2.26. The molecule has 9 heavy (non-hydrogen) atoms. The maximum Gasteiger partial charge on any atom is 0.337 e. The number of aliphatic carboxylic acids is 1. The number of hydrogen-bond acceptors (Lipinski definition) is 3. The Labute approximate surface area is 52.5 Å². The van der Waals surface area contributed by atoms with Crippen LogP contribution in [0, 0.1) is 0 Å². The molecule has 1 aliphatic heterocycles. The Morgan fingerprint density at radius 3 is 2.56 bits per heavy atom. The van der Waals surface area contributed by atoms with Gasteiger partial charge in [-0.2, -0.15) is 0 Å². The predicted molar refractivity (Wildman–Crippen MR) is 30.1 cm³/mol. The van der Waals surface area contributed by atoms with Crippen LogP contribution >= 0.6 is 0 Å². The van der Waals surface area contributed by atoms with E-state index in [4.69, 9.17) is 10.2 Å². The molecule has 0 spiro atoms. The first-order valence-corrected chi connectivity index (χ1v) is 2.82. The van der Waals surface area contributed by atoms with Crippen molar-refractivity contribution < 1.29 is 15.0 Å². The molecule has 0 aromatic heterocycles. The molecule has 1 rings (SSSR count). The largest absolute Gasteiger partial charge is 0.479 e. The Morgan fingerprint density at radius 1 is 1.67 bits per heavy atom. The van der Waals surface area contributed by atoms with Gasteiger partial charge in [0.15, 0.2) is 5.60 Å². The Bertz CT molecular complexity index is 128. The molecule has 0 aromatic rings. The molecule has 0 bridgehead atoms. The fraction of sp³-hybridized carbons (Fsp3) is 0.800. The Kier molecular flexibility index (Phi) is 1.42. The van der Waals surface area contributed by atoms with E-state index < -0.39 is 11.6 Å². The zero-order valence-electron chi connectivity index (χ0n) is 4.92. The lowest BCUT2D eigenvalue weighted by atomic mass is 10.1. The van der Waals surface area contributed by atoms with Crippen molar-refractivity contribution in [2.75, 3.05) is 13.1 Å². The van der Waals surface area contributed by atoms with E-state index in [1.165, 1.54) is 0 Å². The summed E-state index contributed by atoms with van der Waals surface area (Å²) in [6.45, 7) is 0.755. The Morgan fingerprint density at radius 2 is 2.33 bits per heavy atom. The molecule has 0 aliphatic carbocycles. The minimum absolute atomic E-state index is 0.169. The van der Waals surface area contributed by atoms with E-state index >= 15 is 0 Å². The summed E-state index contributed by atoms with van der Waals surface area (Å²) in [5.74, 6) is -1.13. The molecule has 1 saturated heterocycles. The van der Waals surface area contributed by atoms with Gasteiger partial charge in [0.05, 0.1) is 0 Å². The summed E-state index contributed by atoms with van der Waals surface area (Å²) in [7, 11) is 0. The molecule has 1 aliphatic rings. The first-order valence-electron chi connectivity index (χ1n) is 2.82. The van der Waals surface area contributed by atoms with Gasteiger partial charge in [-0.1, -0.05) is 0 Å². The van der Waals surface area contributed by atoms with Crippen LogP contribution in [-0.4, -0.2) is 34.9 Å². The van der Waals surface area contributed by atoms with Crippen LogP contribution in [0.15, 0.2) is 0 Å². The minimum Gasteiger partial charge on any atom is -0.479 e. The molecule has 0 saturated carbocycles. The van der Waals surface area contributed by atoms with Crippen LogP contribution in [0.3, 0.4) is 0 Å². The lowest BCUT2D eigenvalue weighted by molar-refractivity contribution is -0.156. The van der Waals surface area contributed by atoms with E-state index in [2.05, 4.69) is 5.32 Å². The van der Waals surface area contributed by atoms with Gasteiger partial charge in [-0.15, -0.1) is 0 Å². The summed E-state index contributed by atoms with van der Waals surface area (Å²) in [6.07, 6.45) is 0.308. The second-order valence-corrected chi connectivity index (χ2v) is 2.26. The molecular weight excluding hydrogens is 122 g/mol. The number of nitrogens with one attached hydrogen (secondary N) is 1. The van der Waals surface area contributed by atoms with Crippen LogP contribution in [0.4, 0.5) is 0 Å². The molecule has 52 valence electrons. The average Bonchev–Trinajstić information content (AvgIpc) is 2.16. The van der Waals surface area contributed by atoms with E-state index in [0.717, 1.165) is 0 Å². The topological polar surface area (TPSA) is 69.6 Å². The van der Waals surface area contributed by atoms with Crippen molar-refractivity contribution >= 4 is 5.97 Å². The van der Waals surface area contributed by atoms with Crippen LogP contribution < -0.4 is 5.32 Å².